The molecule has 3 aromatic rings. The van der Waals surface area contributed by atoms with E-state index in [4.69, 9.17) is 0 Å². The molecular weight excluding hydrogens is 322 g/mol. The highest BCUT2D eigenvalue weighted by atomic mass is 16.2. The zero-order valence-electron chi connectivity index (χ0n) is 14.0. The lowest BCUT2D eigenvalue weighted by atomic mass is 10.1. The number of nitrogens with one attached hydrogen (secondary N) is 2. The molecule has 0 atom stereocenters. The van der Waals surface area contributed by atoms with Gasteiger partial charge in [-0.1, -0.05) is 0 Å². The Morgan fingerprint density at radius 1 is 1.16 bits per heavy atom. The van der Waals surface area contributed by atoms with Crippen LogP contribution in [0, 0.1) is 0 Å². The predicted octanol–water partition coefficient (Wildman–Crippen LogP) is 1.16. The number of carbonyl (C=O) groups is 2. The number of aromatic amines is 1. The topological polar surface area (TPSA) is 109 Å². The van der Waals surface area contributed by atoms with Crippen LogP contribution in [0.25, 0.3) is 11.1 Å². The summed E-state index contributed by atoms with van der Waals surface area (Å²) in [6.07, 6.45) is 8.02. The normalized spacial score (nSPS) is 10.5. The number of aromatic nitrogens is 5. The van der Waals surface area contributed by atoms with E-state index in [0.29, 0.717) is 5.56 Å². The first-order valence-electron chi connectivity index (χ1n) is 7.46. The molecule has 0 unspecified atom stereocenters. The van der Waals surface area contributed by atoms with E-state index in [1.165, 1.54) is 17.3 Å². The van der Waals surface area contributed by atoms with E-state index >= 15 is 0 Å². The van der Waals surface area contributed by atoms with E-state index in [-0.39, 0.29) is 17.3 Å². The Bertz CT molecular complexity index is 926. The zero-order valence-corrected chi connectivity index (χ0v) is 14.0. The highest BCUT2D eigenvalue weighted by Crippen LogP contribution is 2.19. The van der Waals surface area contributed by atoms with E-state index in [9.17, 15) is 9.59 Å². The molecule has 0 aliphatic rings. The van der Waals surface area contributed by atoms with Crippen molar-refractivity contribution in [3.05, 3.63) is 48.2 Å². The molecule has 9 heteroatoms. The summed E-state index contributed by atoms with van der Waals surface area (Å²) >= 11 is 0. The second-order valence-electron chi connectivity index (χ2n) is 5.68. The van der Waals surface area contributed by atoms with Crippen LogP contribution >= 0.6 is 0 Å². The number of hydrogen-bond acceptors (Lipinski definition) is 5. The minimum absolute atomic E-state index is 0.246. The number of H-pyrrole nitrogens is 1. The Labute approximate surface area is 143 Å². The Hall–Kier alpha value is -3.49. The monoisotopic (exact) mass is 339 g/mol. The van der Waals surface area contributed by atoms with Gasteiger partial charge in [0.2, 0.25) is 0 Å². The molecule has 0 aliphatic carbocycles. The van der Waals surface area contributed by atoms with Crippen LogP contribution in [0.15, 0.2) is 37.1 Å². The van der Waals surface area contributed by atoms with Gasteiger partial charge in [0.15, 0.2) is 0 Å². The van der Waals surface area contributed by atoms with Crippen molar-refractivity contribution in [2.45, 2.75) is 0 Å². The molecule has 2 N–H and O–H groups in total. The Morgan fingerprint density at radius 2 is 1.96 bits per heavy atom. The Morgan fingerprint density at radius 3 is 2.64 bits per heavy atom. The molecule has 3 rings (SSSR count). The van der Waals surface area contributed by atoms with Crippen LogP contribution < -0.4 is 5.32 Å². The van der Waals surface area contributed by atoms with Gasteiger partial charge in [-0.15, -0.1) is 0 Å². The van der Waals surface area contributed by atoms with Crippen LogP contribution in [0.4, 0.5) is 5.82 Å². The van der Waals surface area contributed by atoms with Crippen molar-refractivity contribution in [1.29, 1.82) is 0 Å². The molecule has 0 bridgehead atoms. The van der Waals surface area contributed by atoms with Crippen molar-refractivity contribution < 1.29 is 9.59 Å². The third kappa shape index (κ3) is 3.39. The Kier molecular flexibility index (Phi) is 4.29. The number of rotatable bonds is 4. The van der Waals surface area contributed by atoms with E-state index in [1.54, 1.807) is 37.2 Å². The maximum Gasteiger partial charge on any atom is 0.258 e. The van der Waals surface area contributed by atoms with Gasteiger partial charge in [-0.25, -0.2) is 0 Å². The van der Waals surface area contributed by atoms with Gasteiger partial charge in [-0.3, -0.25) is 24.4 Å². The fourth-order valence-corrected chi connectivity index (χ4v) is 2.26. The SMILES string of the molecule is CN(C)C(=O)c1cn[nH]c1NC(=O)c1cncc(-c2cnn(C)c2)c1. The highest BCUT2D eigenvalue weighted by Gasteiger charge is 2.18. The fourth-order valence-electron chi connectivity index (χ4n) is 2.26. The third-order valence-corrected chi connectivity index (χ3v) is 3.55. The summed E-state index contributed by atoms with van der Waals surface area (Å²) in [4.78, 5) is 30.1. The van der Waals surface area contributed by atoms with Crippen molar-refractivity contribution in [3.63, 3.8) is 0 Å². The number of hydrogen-bond donors (Lipinski definition) is 2. The molecule has 0 saturated carbocycles. The average Bonchev–Trinajstić information content (AvgIpc) is 3.23. The number of carbonyl (C=O) groups excluding carboxylic acids is 2. The van der Waals surface area contributed by atoms with Gasteiger partial charge in [0.05, 0.1) is 18.0 Å². The molecule has 25 heavy (non-hydrogen) atoms. The molecular formula is C16H17N7O2. The van der Waals surface area contributed by atoms with E-state index in [0.717, 1.165) is 11.1 Å². The summed E-state index contributed by atoms with van der Waals surface area (Å²) in [5.41, 5.74) is 2.28. The highest BCUT2D eigenvalue weighted by molar-refractivity contribution is 6.08. The van der Waals surface area contributed by atoms with Gasteiger partial charge >= 0.3 is 0 Å². The van der Waals surface area contributed by atoms with Gasteiger partial charge in [-0.05, 0) is 6.07 Å². The van der Waals surface area contributed by atoms with E-state index in [1.807, 2.05) is 13.2 Å². The minimum atomic E-state index is -0.393. The van der Waals surface area contributed by atoms with Crippen LogP contribution in [0.3, 0.4) is 0 Å². The molecule has 0 saturated heterocycles. The lowest BCUT2D eigenvalue weighted by Gasteiger charge is -2.10. The molecule has 9 nitrogen and oxygen atoms in total. The number of aryl methyl sites for hydroxylation is 1. The Balaban J connectivity index is 1.83. The van der Waals surface area contributed by atoms with Crippen LogP contribution in [0.2, 0.25) is 0 Å². The van der Waals surface area contributed by atoms with Crippen molar-refractivity contribution in [2.24, 2.45) is 7.05 Å². The van der Waals surface area contributed by atoms with E-state index < -0.39 is 5.91 Å². The maximum absolute atomic E-state index is 12.5. The lowest BCUT2D eigenvalue weighted by molar-refractivity contribution is 0.0828. The van der Waals surface area contributed by atoms with Gasteiger partial charge in [0.1, 0.15) is 11.4 Å². The van der Waals surface area contributed by atoms with Gasteiger partial charge in [0.25, 0.3) is 11.8 Å². The number of nitrogens with zero attached hydrogens (tertiary/aromatic N) is 5. The first-order chi connectivity index (χ1) is 12.0. The second-order valence-corrected chi connectivity index (χ2v) is 5.68. The fraction of sp³-hybridized carbons (Fsp3) is 0.188. The summed E-state index contributed by atoms with van der Waals surface area (Å²) in [5, 5.41) is 13.2. The number of pyridine rings is 1. The standard InChI is InChI=1S/C16H17N7O2/c1-22(2)16(25)13-8-18-21-14(13)20-15(24)11-4-10(5-17-6-11)12-7-19-23(3)9-12/h4-9H,1-3H3,(H2,18,20,21,24). The van der Waals surface area contributed by atoms with E-state index in [2.05, 4.69) is 25.6 Å². The largest absolute Gasteiger partial charge is 0.345 e. The quantitative estimate of drug-likeness (QED) is 0.741. The molecule has 0 aliphatic heterocycles. The first-order valence-corrected chi connectivity index (χ1v) is 7.46. The molecule has 0 spiro atoms. The molecule has 3 aromatic heterocycles. The predicted molar refractivity (Wildman–Crippen MR) is 91.0 cm³/mol. The molecule has 3 heterocycles. The maximum atomic E-state index is 12.5. The van der Waals surface area contributed by atoms with Crippen LogP contribution in [0.1, 0.15) is 20.7 Å². The third-order valence-electron chi connectivity index (χ3n) is 3.55. The second kappa shape index (κ2) is 6.56. The summed E-state index contributed by atoms with van der Waals surface area (Å²) in [7, 11) is 5.07. The lowest BCUT2D eigenvalue weighted by Crippen LogP contribution is -2.23. The molecule has 0 aromatic carbocycles. The smallest absolute Gasteiger partial charge is 0.258 e. The van der Waals surface area contributed by atoms with Crippen molar-refractivity contribution in [2.75, 3.05) is 19.4 Å². The average molecular weight is 339 g/mol. The van der Waals surface area contributed by atoms with Gasteiger partial charge in [-0.2, -0.15) is 10.2 Å². The summed E-state index contributed by atoms with van der Waals surface area (Å²) in [5.74, 6) is -0.405. The molecule has 0 fully saturated rings. The number of anilines is 1. The summed E-state index contributed by atoms with van der Waals surface area (Å²) < 4.78 is 1.67. The molecule has 128 valence electrons. The summed E-state index contributed by atoms with van der Waals surface area (Å²) in [6, 6.07) is 1.71. The van der Waals surface area contributed by atoms with Crippen molar-refractivity contribution >= 4 is 17.6 Å². The molecule has 0 radical (unpaired) electrons. The van der Waals surface area contributed by atoms with Crippen LogP contribution in [-0.2, 0) is 7.05 Å². The zero-order chi connectivity index (χ0) is 18.0. The van der Waals surface area contributed by atoms with Gasteiger partial charge in [0, 0.05) is 50.9 Å². The van der Waals surface area contributed by atoms with Crippen molar-refractivity contribution in [1.82, 2.24) is 29.9 Å². The van der Waals surface area contributed by atoms with Gasteiger partial charge < -0.3 is 10.2 Å². The van der Waals surface area contributed by atoms with Crippen LogP contribution in [-0.4, -0.2) is 55.8 Å². The number of amides is 2. The van der Waals surface area contributed by atoms with Crippen molar-refractivity contribution in [3.8, 4) is 11.1 Å². The van der Waals surface area contributed by atoms with Crippen LogP contribution in [0.5, 0.6) is 0 Å². The first kappa shape index (κ1) is 16.4. The molecule has 2 amide bonds. The summed E-state index contributed by atoms with van der Waals surface area (Å²) in [6.45, 7) is 0. The minimum Gasteiger partial charge on any atom is -0.345 e.